The van der Waals surface area contributed by atoms with Crippen LogP contribution in [0.25, 0.3) is 0 Å². The fourth-order valence-corrected chi connectivity index (χ4v) is 3.11. The molecule has 7 nitrogen and oxygen atoms in total. The van der Waals surface area contributed by atoms with Crippen LogP contribution in [0.15, 0.2) is 48.5 Å². The van der Waals surface area contributed by atoms with Crippen molar-refractivity contribution in [3.05, 3.63) is 54.1 Å². The molecule has 1 aliphatic carbocycles. The molecule has 164 valence electrons. The highest BCUT2D eigenvalue weighted by atomic mass is 16.5. The standard InChI is InChI=1S/C24H29N3O4/c1-4-31-20-12-10-17(11-13-20)23(29)27-21(15(2)3)24(30)26-19-7-5-6-18(14-19)25-22(28)16-8-9-16/h5-7,10-16,21H,4,8-9H2,1-3H3,(H,25,28)(H,26,30)(H,27,29). The minimum absolute atomic E-state index is 0.00570. The van der Waals surface area contributed by atoms with Gasteiger partial charge < -0.3 is 20.7 Å². The van der Waals surface area contributed by atoms with Gasteiger partial charge in [0.15, 0.2) is 0 Å². The summed E-state index contributed by atoms with van der Waals surface area (Å²) in [6.07, 6.45) is 1.85. The van der Waals surface area contributed by atoms with Gasteiger partial charge in [0.1, 0.15) is 11.8 Å². The molecular weight excluding hydrogens is 394 g/mol. The van der Waals surface area contributed by atoms with E-state index in [-0.39, 0.29) is 29.6 Å². The van der Waals surface area contributed by atoms with Crippen molar-refractivity contribution in [3.63, 3.8) is 0 Å². The van der Waals surface area contributed by atoms with Crippen molar-refractivity contribution in [2.24, 2.45) is 11.8 Å². The van der Waals surface area contributed by atoms with Crippen LogP contribution in [0.5, 0.6) is 5.75 Å². The Morgan fingerprint density at radius 3 is 2.23 bits per heavy atom. The minimum atomic E-state index is -0.719. The first-order valence-electron chi connectivity index (χ1n) is 10.6. The SMILES string of the molecule is CCOc1ccc(C(=O)NC(C(=O)Nc2cccc(NC(=O)C3CC3)c2)C(C)C)cc1. The first-order valence-corrected chi connectivity index (χ1v) is 10.6. The van der Waals surface area contributed by atoms with Crippen LogP contribution in [0.1, 0.15) is 44.0 Å². The highest BCUT2D eigenvalue weighted by Gasteiger charge is 2.29. The van der Waals surface area contributed by atoms with Gasteiger partial charge in [-0.25, -0.2) is 0 Å². The Bertz CT molecular complexity index is 936. The van der Waals surface area contributed by atoms with Crippen LogP contribution in [0.4, 0.5) is 11.4 Å². The van der Waals surface area contributed by atoms with Gasteiger partial charge in [-0.15, -0.1) is 0 Å². The van der Waals surface area contributed by atoms with Crippen molar-refractivity contribution < 1.29 is 19.1 Å². The smallest absolute Gasteiger partial charge is 0.251 e. The maximum Gasteiger partial charge on any atom is 0.251 e. The van der Waals surface area contributed by atoms with Crippen LogP contribution in [0.2, 0.25) is 0 Å². The van der Waals surface area contributed by atoms with Crippen molar-refractivity contribution >= 4 is 29.1 Å². The van der Waals surface area contributed by atoms with E-state index >= 15 is 0 Å². The lowest BCUT2D eigenvalue weighted by Crippen LogP contribution is -2.47. The summed E-state index contributed by atoms with van der Waals surface area (Å²) in [5.41, 5.74) is 1.64. The highest BCUT2D eigenvalue weighted by molar-refractivity contribution is 6.02. The Balaban J connectivity index is 1.63. The average molecular weight is 424 g/mol. The first-order chi connectivity index (χ1) is 14.9. The minimum Gasteiger partial charge on any atom is -0.494 e. The van der Waals surface area contributed by atoms with E-state index in [9.17, 15) is 14.4 Å². The number of benzene rings is 2. The van der Waals surface area contributed by atoms with Gasteiger partial charge in [0.2, 0.25) is 11.8 Å². The Morgan fingerprint density at radius 2 is 1.65 bits per heavy atom. The summed E-state index contributed by atoms with van der Waals surface area (Å²) in [5, 5.41) is 8.52. The summed E-state index contributed by atoms with van der Waals surface area (Å²) >= 11 is 0. The quantitative estimate of drug-likeness (QED) is 0.571. The number of hydrogen-bond donors (Lipinski definition) is 3. The van der Waals surface area contributed by atoms with E-state index in [0.29, 0.717) is 29.3 Å². The third-order valence-electron chi connectivity index (χ3n) is 5.01. The van der Waals surface area contributed by atoms with Gasteiger partial charge in [0.25, 0.3) is 5.91 Å². The van der Waals surface area contributed by atoms with Crippen molar-refractivity contribution in [1.82, 2.24) is 5.32 Å². The van der Waals surface area contributed by atoms with Crippen LogP contribution in [0, 0.1) is 11.8 Å². The second-order valence-electron chi connectivity index (χ2n) is 7.99. The summed E-state index contributed by atoms with van der Waals surface area (Å²) in [7, 11) is 0. The van der Waals surface area contributed by atoms with Crippen LogP contribution < -0.4 is 20.7 Å². The molecule has 2 aromatic carbocycles. The fourth-order valence-electron chi connectivity index (χ4n) is 3.11. The summed E-state index contributed by atoms with van der Waals surface area (Å²) in [6, 6.07) is 13.1. The molecule has 1 aliphatic rings. The average Bonchev–Trinajstić information content (AvgIpc) is 3.58. The van der Waals surface area contributed by atoms with E-state index in [4.69, 9.17) is 4.74 Å². The molecule has 1 atom stereocenters. The molecular formula is C24H29N3O4. The predicted octanol–water partition coefficient (Wildman–Crippen LogP) is 3.83. The molecule has 31 heavy (non-hydrogen) atoms. The maximum absolute atomic E-state index is 12.9. The third-order valence-corrected chi connectivity index (χ3v) is 5.01. The monoisotopic (exact) mass is 423 g/mol. The van der Waals surface area contributed by atoms with Crippen LogP contribution in [0.3, 0.4) is 0 Å². The van der Waals surface area contributed by atoms with Crippen LogP contribution >= 0.6 is 0 Å². The molecule has 0 spiro atoms. The summed E-state index contributed by atoms with van der Waals surface area (Å²) < 4.78 is 5.39. The van der Waals surface area contributed by atoms with E-state index in [0.717, 1.165) is 12.8 Å². The molecule has 0 heterocycles. The van der Waals surface area contributed by atoms with E-state index in [2.05, 4.69) is 16.0 Å². The van der Waals surface area contributed by atoms with Gasteiger partial charge in [0.05, 0.1) is 6.61 Å². The lowest BCUT2D eigenvalue weighted by atomic mass is 10.0. The van der Waals surface area contributed by atoms with E-state index in [1.165, 1.54) is 0 Å². The molecule has 0 radical (unpaired) electrons. The Morgan fingerprint density at radius 1 is 1.00 bits per heavy atom. The van der Waals surface area contributed by atoms with Crippen molar-refractivity contribution in [2.75, 3.05) is 17.2 Å². The Hall–Kier alpha value is -3.35. The number of nitrogens with one attached hydrogen (secondary N) is 3. The molecule has 0 aliphatic heterocycles. The van der Waals surface area contributed by atoms with Gasteiger partial charge in [0, 0.05) is 22.9 Å². The molecule has 1 fully saturated rings. The Labute approximate surface area is 182 Å². The molecule has 0 bridgehead atoms. The van der Waals surface area contributed by atoms with Gasteiger partial charge in [-0.1, -0.05) is 19.9 Å². The van der Waals surface area contributed by atoms with E-state index in [1.807, 2.05) is 20.8 Å². The molecule has 2 aromatic rings. The zero-order chi connectivity index (χ0) is 22.4. The zero-order valence-electron chi connectivity index (χ0n) is 18.1. The normalized spacial score (nSPS) is 13.9. The molecule has 3 N–H and O–H groups in total. The van der Waals surface area contributed by atoms with E-state index in [1.54, 1.807) is 48.5 Å². The predicted molar refractivity (Wildman–Crippen MR) is 120 cm³/mol. The van der Waals surface area contributed by atoms with E-state index < -0.39 is 6.04 Å². The number of rotatable bonds is 9. The lowest BCUT2D eigenvalue weighted by Gasteiger charge is -2.22. The molecule has 0 aromatic heterocycles. The topological polar surface area (TPSA) is 96.5 Å². The Kier molecular flexibility index (Phi) is 7.28. The van der Waals surface area contributed by atoms with Crippen molar-refractivity contribution in [3.8, 4) is 5.75 Å². The van der Waals surface area contributed by atoms with Crippen molar-refractivity contribution in [1.29, 1.82) is 0 Å². The maximum atomic E-state index is 12.9. The number of carbonyl (C=O) groups is 3. The number of carbonyl (C=O) groups excluding carboxylic acids is 3. The van der Waals surface area contributed by atoms with Gasteiger partial charge in [-0.3, -0.25) is 14.4 Å². The van der Waals surface area contributed by atoms with Gasteiger partial charge in [-0.2, -0.15) is 0 Å². The molecule has 0 saturated heterocycles. The highest BCUT2D eigenvalue weighted by Crippen LogP contribution is 2.30. The lowest BCUT2D eigenvalue weighted by molar-refractivity contribution is -0.119. The second kappa shape index (κ2) is 10.1. The van der Waals surface area contributed by atoms with Crippen LogP contribution in [-0.4, -0.2) is 30.4 Å². The van der Waals surface area contributed by atoms with Crippen LogP contribution in [-0.2, 0) is 9.59 Å². The number of amides is 3. The number of ether oxygens (including phenoxy) is 1. The zero-order valence-corrected chi connectivity index (χ0v) is 18.1. The molecule has 3 amide bonds. The summed E-state index contributed by atoms with van der Waals surface area (Å²) in [5.74, 6) is 0.0186. The molecule has 1 saturated carbocycles. The van der Waals surface area contributed by atoms with Crippen molar-refractivity contribution in [2.45, 2.75) is 39.7 Å². The van der Waals surface area contributed by atoms with Gasteiger partial charge >= 0.3 is 0 Å². The molecule has 7 heteroatoms. The number of anilines is 2. The summed E-state index contributed by atoms with van der Waals surface area (Å²) in [4.78, 5) is 37.5. The van der Waals surface area contributed by atoms with Gasteiger partial charge in [-0.05, 0) is 68.1 Å². The number of hydrogen-bond acceptors (Lipinski definition) is 4. The first kappa shape index (κ1) is 22.3. The largest absolute Gasteiger partial charge is 0.494 e. The molecule has 3 rings (SSSR count). The molecule has 1 unspecified atom stereocenters. The third kappa shape index (κ3) is 6.31. The second-order valence-corrected chi connectivity index (χ2v) is 7.99. The summed E-state index contributed by atoms with van der Waals surface area (Å²) in [6.45, 7) is 6.18. The fraction of sp³-hybridized carbons (Fsp3) is 0.375.